The van der Waals surface area contributed by atoms with E-state index in [4.69, 9.17) is 5.11 Å². The Morgan fingerprint density at radius 1 is 1.30 bits per heavy atom. The largest absolute Gasteiger partial charge is 0.481 e. The van der Waals surface area contributed by atoms with Crippen LogP contribution in [0.2, 0.25) is 0 Å². The number of likely N-dealkylation sites (tertiary alicyclic amines) is 1. The van der Waals surface area contributed by atoms with E-state index in [1.165, 1.54) is 18.4 Å². The summed E-state index contributed by atoms with van der Waals surface area (Å²) >= 11 is 0. The van der Waals surface area contributed by atoms with Crippen LogP contribution in [0.3, 0.4) is 0 Å². The van der Waals surface area contributed by atoms with Crippen LogP contribution in [0.4, 0.5) is 0 Å². The lowest BCUT2D eigenvalue weighted by molar-refractivity contribution is -0.138. The summed E-state index contributed by atoms with van der Waals surface area (Å²) in [7, 11) is 0. The summed E-state index contributed by atoms with van der Waals surface area (Å²) < 4.78 is 0. The van der Waals surface area contributed by atoms with Crippen LogP contribution in [0.1, 0.15) is 38.2 Å². The normalized spacial score (nSPS) is 18.9. The molecule has 1 aliphatic rings. The first-order valence-electron chi connectivity index (χ1n) is 7.68. The zero-order valence-corrected chi connectivity index (χ0v) is 12.3. The number of benzene rings is 1. The van der Waals surface area contributed by atoms with Gasteiger partial charge in [-0.25, -0.2) is 0 Å². The molecule has 1 aromatic rings. The van der Waals surface area contributed by atoms with Crippen molar-refractivity contribution in [1.82, 2.24) is 4.90 Å². The predicted octanol–water partition coefficient (Wildman–Crippen LogP) is 3.19. The average Bonchev–Trinajstić information content (AvgIpc) is 2.46. The Morgan fingerprint density at radius 3 is 2.50 bits per heavy atom. The molecule has 0 radical (unpaired) electrons. The van der Waals surface area contributed by atoms with Gasteiger partial charge < -0.3 is 5.11 Å². The monoisotopic (exact) mass is 275 g/mol. The molecular weight excluding hydrogens is 250 g/mol. The number of hydrogen-bond acceptors (Lipinski definition) is 2. The fraction of sp³-hybridized carbons (Fsp3) is 0.588. The molecule has 20 heavy (non-hydrogen) atoms. The lowest BCUT2D eigenvalue weighted by atomic mass is 9.89. The molecule has 2 rings (SSSR count). The maximum atomic E-state index is 10.9. The van der Waals surface area contributed by atoms with Crippen molar-refractivity contribution in [3.05, 3.63) is 35.9 Å². The van der Waals surface area contributed by atoms with Crippen LogP contribution in [0.5, 0.6) is 0 Å². The molecule has 1 unspecified atom stereocenters. The minimum absolute atomic E-state index is 0.213. The highest BCUT2D eigenvalue weighted by molar-refractivity contribution is 5.67. The van der Waals surface area contributed by atoms with Crippen molar-refractivity contribution < 1.29 is 9.90 Å². The summed E-state index contributed by atoms with van der Waals surface area (Å²) in [5.41, 5.74) is 1.42. The third-order valence-corrected chi connectivity index (χ3v) is 4.41. The number of carboxylic acid groups (broad SMARTS) is 1. The minimum Gasteiger partial charge on any atom is -0.481 e. The van der Waals surface area contributed by atoms with Gasteiger partial charge in [0.05, 0.1) is 6.42 Å². The van der Waals surface area contributed by atoms with Crippen molar-refractivity contribution in [3.8, 4) is 0 Å². The molecule has 3 nitrogen and oxygen atoms in total. The molecule has 0 spiro atoms. The Kier molecular flexibility index (Phi) is 5.60. The first-order valence-corrected chi connectivity index (χ1v) is 7.68. The van der Waals surface area contributed by atoms with E-state index in [0.717, 1.165) is 31.8 Å². The highest BCUT2D eigenvalue weighted by Gasteiger charge is 2.25. The van der Waals surface area contributed by atoms with E-state index in [1.807, 2.05) is 0 Å². The summed E-state index contributed by atoms with van der Waals surface area (Å²) in [6.45, 7) is 4.18. The third-order valence-electron chi connectivity index (χ3n) is 4.41. The Morgan fingerprint density at radius 2 is 1.95 bits per heavy atom. The lowest BCUT2D eigenvalue weighted by Crippen LogP contribution is -2.42. The van der Waals surface area contributed by atoms with Crippen LogP contribution in [-0.2, 0) is 11.2 Å². The number of hydrogen-bond donors (Lipinski definition) is 1. The number of piperidine rings is 1. The van der Waals surface area contributed by atoms with Gasteiger partial charge >= 0.3 is 5.97 Å². The first kappa shape index (κ1) is 15.0. The first-order chi connectivity index (χ1) is 9.69. The van der Waals surface area contributed by atoms with E-state index >= 15 is 0 Å². The van der Waals surface area contributed by atoms with E-state index in [2.05, 4.69) is 42.2 Å². The summed E-state index contributed by atoms with van der Waals surface area (Å²) in [5, 5.41) is 8.97. The van der Waals surface area contributed by atoms with Crippen molar-refractivity contribution in [2.24, 2.45) is 5.92 Å². The molecule has 1 aromatic carbocycles. The maximum absolute atomic E-state index is 10.9. The predicted molar refractivity (Wildman–Crippen MR) is 80.8 cm³/mol. The second-order valence-electron chi connectivity index (χ2n) is 5.83. The summed E-state index contributed by atoms with van der Waals surface area (Å²) in [4.78, 5) is 13.3. The molecule has 1 aliphatic heterocycles. The number of nitrogens with zero attached hydrogens (tertiary/aromatic N) is 1. The quantitative estimate of drug-likeness (QED) is 0.866. The average molecular weight is 275 g/mol. The van der Waals surface area contributed by atoms with Crippen LogP contribution in [-0.4, -0.2) is 35.1 Å². The lowest BCUT2D eigenvalue weighted by Gasteiger charge is -2.36. The molecule has 110 valence electrons. The van der Waals surface area contributed by atoms with Crippen LogP contribution in [0, 0.1) is 5.92 Å². The fourth-order valence-electron chi connectivity index (χ4n) is 3.20. The third kappa shape index (κ3) is 4.34. The van der Waals surface area contributed by atoms with Gasteiger partial charge in [-0.2, -0.15) is 0 Å². The topological polar surface area (TPSA) is 40.5 Å². The molecular formula is C17H25NO2. The smallest absolute Gasteiger partial charge is 0.304 e. The summed E-state index contributed by atoms with van der Waals surface area (Å²) in [5.74, 6) is 0.0687. The minimum atomic E-state index is -0.678. The summed E-state index contributed by atoms with van der Waals surface area (Å²) in [6, 6.07) is 10.9. The molecule has 0 amide bonds. The Balaban J connectivity index is 1.81. The molecule has 0 aliphatic carbocycles. The molecule has 0 bridgehead atoms. The van der Waals surface area contributed by atoms with Gasteiger partial charge in [0.1, 0.15) is 0 Å². The van der Waals surface area contributed by atoms with Crippen LogP contribution < -0.4 is 0 Å². The standard InChI is InChI=1S/C17H25NO2/c1-2-16(13-17(19)20)18-10-8-15(9-11-18)12-14-6-4-3-5-7-14/h3-7,15-16H,2,8-13H2,1H3,(H,19,20). The highest BCUT2D eigenvalue weighted by Crippen LogP contribution is 2.24. The molecule has 3 heteroatoms. The molecule has 1 N–H and O–H groups in total. The molecule has 0 saturated carbocycles. The van der Waals surface area contributed by atoms with E-state index in [9.17, 15) is 4.79 Å². The molecule has 1 atom stereocenters. The van der Waals surface area contributed by atoms with Gasteiger partial charge in [0.25, 0.3) is 0 Å². The second-order valence-corrected chi connectivity index (χ2v) is 5.83. The second kappa shape index (κ2) is 7.44. The van der Waals surface area contributed by atoms with Gasteiger partial charge in [-0.05, 0) is 50.3 Å². The molecule has 1 heterocycles. The van der Waals surface area contributed by atoms with Gasteiger partial charge in [0, 0.05) is 6.04 Å². The van der Waals surface area contributed by atoms with Crippen molar-refractivity contribution in [1.29, 1.82) is 0 Å². The summed E-state index contributed by atoms with van der Waals surface area (Å²) in [6.07, 6.45) is 4.73. The number of carboxylic acids is 1. The van der Waals surface area contributed by atoms with Crippen molar-refractivity contribution >= 4 is 5.97 Å². The zero-order valence-electron chi connectivity index (χ0n) is 12.3. The zero-order chi connectivity index (χ0) is 14.4. The van der Waals surface area contributed by atoms with Crippen LogP contribution in [0.25, 0.3) is 0 Å². The molecule has 1 fully saturated rings. The van der Waals surface area contributed by atoms with Gasteiger partial charge in [0.2, 0.25) is 0 Å². The van der Waals surface area contributed by atoms with Crippen molar-refractivity contribution in [2.75, 3.05) is 13.1 Å². The van der Waals surface area contributed by atoms with Gasteiger partial charge in [-0.15, -0.1) is 0 Å². The Labute approximate surface area is 121 Å². The van der Waals surface area contributed by atoms with E-state index in [-0.39, 0.29) is 12.5 Å². The van der Waals surface area contributed by atoms with E-state index in [0.29, 0.717) is 0 Å². The van der Waals surface area contributed by atoms with Gasteiger partial charge in [-0.3, -0.25) is 9.69 Å². The number of rotatable bonds is 6. The van der Waals surface area contributed by atoms with Gasteiger partial charge in [-0.1, -0.05) is 37.3 Å². The van der Waals surface area contributed by atoms with Crippen LogP contribution in [0.15, 0.2) is 30.3 Å². The molecule has 1 saturated heterocycles. The Bertz CT molecular complexity index is 410. The van der Waals surface area contributed by atoms with Gasteiger partial charge in [0.15, 0.2) is 0 Å². The van der Waals surface area contributed by atoms with Crippen LogP contribution >= 0.6 is 0 Å². The number of carbonyl (C=O) groups is 1. The van der Waals surface area contributed by atoms with Crippen molar-refractivity contribution in [3.63, 3.8) is 0 Å². The van der Waals surface area contributed by atoms with E-state index in [1.54, 1.807) is 0 Å². The number of aliphatic carboxylic acids is 1. The highest BCUT2D eigenvalue weighted by atomic mass is 16.4. The van der Waals surface area contributed by atoms with Crippen molar-refractivity contribution in [2.45, 2.75) is 45.1 Å². The molecule has 0 aromatic heterocycles. The fourth-order valence-corrected chi connectivity index (χ4v) is 3.20. The van der Waals surface area contributed by atoms with E-state index < -0.39 is 5.97 Å². The SMILES string of the molecule is CCC(CC(=O)O)N1CCC(Cc2ccccc2)CC1. The maximum Gasteiger partial charge on any atom is 0.304 e. The Hall–Kier alpha value is -1.35.